The molecule has 3 aromatic rings. The number of thioether (sulfide) groups is 1. The number of carbonyl (C=O) groups is 2. The summed E-state index contributed by atoms with van der Waals surface area (Å²) in [4.78, 5) is 28.2. The summed E-state index contributed by atoms with van der Waals surface area (Å²) in [6.45, 7) is 5.21. The lowest BCUT2D eigenvalue weighted by Crippen LogP contribution is -2.13. The van der Waals surface area contributed by atoms with E-state index in [9.17, 15) is 9.59 Å². The zero-order chi connectivity index (χ0) is 18.7. The average Bonchev–Trinajstić information content (AvgIpc) is 3.20. The lowest BCUT2D eigenvalue weighted by Gasteiger charge is -1.99. The van der Waals surface area contributed by atoms with Gasteiger partial charge in [-0.2, -0.15) is 0 Å². The molecule has 0 unspecified atom stereocenters. The van der Waals surface area contributed by atoms with Crippen LogP contribution in [0, 0.1) is 13.8 Å². The third-order valence-corrected chi connectivity index (χ3v) is 5.39. The van der Waals surface area contributed by atoms with E-state index in [2.05, 4.69) is 20.5 Å². The summed E-state index contributed by atoms with van der Waals surface area (Å²) < 4.78 is 5.57. The number of Topliss-reactive ketones (excluding diaryl/α,β-unsaturated/α-hetero) is 1. The van der Waals surface area contributed by atoms with Crippen molar-refractivity contribution in [2.45, 2.75) is 26.0 Å². The van der Waals surface area contributed by atoms with Crippen molar-refractivity contribution < 1.29 is 14.0 Å². The van der Waals surface area contributed by atoms with Gasteiger partial charge in [0.1, 0.15) is 0 Å². The molecule has 0 aliphatic carbocycles. The van der Waals surface area contributed by atoms with E-state index in [1.807, 2.05) is 31.2 Å². The van der Waals surface area contributed by atoms with Gasteiger partial charge in [-0.15, -0.1) is 10.2 Å². The minimum atomic E-state index is -0.256. The molecule has 0 atom stereocenters. The standard InChI is InChI=1S/C17H16N4O3S2/c1-9-4-6-12(7-5-9)15-20-21-17(24-15)25-8-13(23)19-16-18-10(2)14(26-16)11(3)22/h4-7H,8H2,1-3H3,(H,18,19,23). The summed E-state index contributed by atoms with van der Waals surface area (Å²) >= 11 is 2.31. The largest absolute Gasteiger partial charge is 0.411 e. The normalized spacial score (nSPS) is 10.7. The van der Waals surface area contributed by atoms with Crippen LogP contribution in [0.4, 0.5) is 5.13 Å². The number of nitrogens with one attached hydrogen (secondary N) is 1. The van der Waals surface area contributed by atoms with Crippen LogP contribution in [0.3, 0.4) is 0 Å². The van der Waals surface area contributed by atoms with E-state index in [0.717, 1.165) is 22.9 Å². The van der Waals surface area contributed by atoms with Crippen LogP contribution < -0.4 is 5.32 Å². The van der Waals surface area contributed by atoms with E-state index >= 15 is 0 Å². The van der Waals surface area contributed by atoms with Crippen LogP contribution in [0.5, 0.6) is 0 Å². The second kappa shape index (κ2) is 7.79. The number of aromatic nitrogens is 3. The molecule has 0 aliphatic rings. The molecule has 0 radical (unpaired) electrons. The molecule has 0 saturated carbocycles. The average molecular weight is 388 g/mol. The zero-order valence-corrected chi connectivity index (χ0v) is 16.0. The van der Waals surface area contributed by atoms with Gasteiger partial charge in [-0.05, 0) is 26.0 Å². The Morgan fingerprint density at radius 1 is 1.19 bits per heavy atom. The SMILES string of the molecule is CC(=O)c1sc(NC(=O)CSc2nnc(-c3ccc(C)cc3)o2)nc1C. The van der Waals surface area contributed by atoms with Crippen LogP contribution >= 0.6 is 23.1 Å². The highest BCUT2D eigenvalue weighted by Gasteiger charge is 2.15. The molecule has 1 aromatic carbocycles. The molecule has 0 saturated heterocycles. The zero-order valence-electron chi connectivity index (χ0n) is 14.4. The number of aryl methyl sites for hydroxylation is 2. The third kappa shape index (κ3) is 4.36. The van der Waals surface area contributed by atoms with E-state index in [4.69, 9.17) is 4.42 Å². The van der Waals surface area contributed by atoms with Crippen molar-refractivity contribution in [2.24, 2.45) is 0 Å². The number of thiazole rings is 1. The van der Waals surface area contributed by atoms with Gasteiger partial charge in [0, 0.05) is 12.5 Å². The van der Waals surface area contributed by atoms with Gasteiger partial charge in [0.05, 0.1) is 16.3 Å². The van der Waals surface area contributed by atoms with E-state index in [-0.39, 0.29) is 17.4 Å². The van der Waals surface area contributed by atoms with Crippen molar-refractivity contribution >= 4 is 39.9 Å². The molecular formula is C17H16N4O3S2. The number of nitrogens with zero attached hydrogens (tertiary/aromatic N) is 3. The quantitative estimate of drug-likeness (QED) is 0.507. The molecule has 1 N–H and O–H groups in total. The van der Waals surface area contributed by atoms with E-state index < -0.39 is 0 Å². The first-order valence-electron chi connectivity index (χ1n) is 7.74. The smallest absolute Gasteiger partial charge is 0.277 e. The first-order chi connectivity index (χ1) is 12.4. The molecule has 3 rings (SSSR count). The second-order valence-corrected chi connectivity index (χ2v) is 7.49. The Morgan fingerprint density at radius 2 is 1.92 bits per heavy atom. The summed E-state index contributed by atoms with van der Waals surface area (Å²) in [5.41, 5.74) is 2.59. The minimum Gasteiger partial charge on any atom is -0.411 e. The number of hydrogen-bond donors (Lipinski definition) is 1. The summed E-state index contributed by atoms with van der Waals surface area (Å²) in [5.74, 6) is 0.191. The maximum absolute atomic E-state index is 12.1. The van der Waals surface area contributed by atoms with Gasteiger partial charge in [0.2, 0.25) is 11.8 Å². The number of carbonyl (C=O) groups excluding carboxylic acids is 2. The Bertz CT molecular complexity index is 947. The van der Waals surface area contributed by atoms with Crippen molar-refractivity contribution in [1.29, 1.82) is 0 Å². The van der Waals surface area contributed by atoms with Gasteiger partial charge in [0.15, 0.2) is 10.9 Å². The number of ketones is 1. The molecule has 26 heavy (non-hydrogen) atoms. The number of anilines is 1. The van der Waals surface area contributed by atoms with Crippen molar-refractivity contribution in [2.75, 3.05) is 11.1 Å². The molecule has 9 heteroatoms. The highest BCUT2D eigenvalue weighted by Crippen LogP contribution is 2.25. The fourth-order valence-electron chi connectivity index (χ4n) is 2.14. The molecule has 2 aromatic heterocycles. The first-order valence-corrected chi connectivity index (χ1v) is 9.54. The van der Waals surface area contributed by atoms with Crippen molar-refractivity contribution in [3.8, 4) is 11.5 Å². The maximum atomic E-state index is 12.1. The van der Waals surface area contributed by atoms with Crippen molar-refractivity contribution in [3.05, 3.63) is 40.4 Å². The Hall–Kier alpha value is -2.52. The van der Waals surface area contributed by atoms with Gasteiger partial charge in [-0.25, -0.2) is 4.98 Å². The molecule has 134 valence electrons. The topological polar surface area (TPSA) is 98.0 Å². The third-order valence-electron chi connectivity index (χ3n) is 3.39. The van der Waals surface area contributed by atoms with E-state index in [0.29, 0.717) is 26.8 Å². The van der Waals surface area contributed by atoms with Gasteiger partial charge < -0.3 is 9.73 Å². The highest BCUT2D eigenvalue weighted by atomic mass is 32.2. The Balaban J connectivity index is 1.57. The molecule has 0 fully saturated rings. The fraction of sp³-hybridized carbons (Fsp3) is 0.235. The molecule has 0 bridgehead atoms. The van der Waals surface area contributed by atoms with Crippen LogP contribution in [0.2, 0.25) is 0 Å². The first kappa shape index (κ1) is 18.3. The predicted octanol–water partition coefficient (Wildman–Crippen LogP) is 3.74. The highest BCUT2D eigenvalue weighted by molar-refractivity contribution is 7.99. The molecule has 0 spiro atoms. The molecule has 0 aliphatic heterocycles. The Labute approximate surface area is 158 Å². The van der Waals surface area contributed by atoms with Gasteiger partial charge in [0.25, 0.3) is 5.22 Å². The lowest BCUT2D eigenvalue weighted by atomic mass is 10.1. The monoisotopic (exact) mass is 388 g/mol. The second-order valence-electron chi connectivity index (χ2n) is 5.57. The summed E-state index contributed by atoms with van der Waals surface area (Å²) in [6.07, 6.45) is 0. The minimum absolute atomic E-state index is 0.0654. The molecule has 2 heterocycles. The summed E-state index contributed by atoms with van der Waals surface area (Å²) in [5, 5.41) is 11.3. The Morgan fingerprint density at radius 3 is 2.58 bits per heavy atom. The van der Waals surface area contributed by atoms with Gasteiger partial charge >= 0.3 is 0 Å². The maximum Gasteiger partial charge on any atom is 0.277 e. The van der Waals surface area contributed by atoms with Crippen LogP contribution in [0.1, 0.15) is 27.9 Å². The summed E-state index contributed by atoms with van der Waals surface area (Å²) in [6, 6.07) is 7.74. The van der Waals surface area contributed by atoms with Crippen LogP contribution in [0.15, 0.2) is 33.9 Å². The molecule has 1 amide bonds. The number of rotatable bonds is 6. The van der Waals surface area contributed by atoms with Crippen LogP contribution in [-0.4, -0.2) is 32.6 Å². The molecule has 7 nitrogen and oxygen atoms in total. The fourth-order valence-corrected chi connectivity index (χ4v) is 3.58. The van der Waals surface area contributed by atoms with Gasteiger partial charge in [-0.3, -0.25) is 9.59 Å². The summed E-state index contributed by atoms with van der Waals surface area (Å²) in [7, 11) is 0. The van der Waals surface area contributed by atoms with Crippen molar-refractivity contribution in [1.82, 2.24) is 15.2 Å². The number of benzene rings is 1. The van der Waals surface area contributed by atoms with E-state index in [1.165, 1.54) is 18.3 Å². The van der Waals surface area contributed by atoms with Crippen LogP contribution in [-0.2, 0) is 4.79 Å². The van der Waals surface area contributed by atoms with Crippen molar-refractivity contribution in [3.63, 3.8) is 0 Å². The molecular weight excluding hydrogens is 372 g/mol. The van der Waals surface area contributed by atoms with E-state index in [1.54, 1.807) is 6.92 Å². The Kier molecular flexibility index (Phi) is 5.48. The van der Waals surface area contributed by atoms with Gasteiger partial charge in [-0.1, -0.05) is 40.8 Å². The number of amides is 1. The number of hydrogen-bond acceptors (Lipinski definition) is 8. The predicted molar refractivity (Wildman–Crippen MR) is 101 cm³/mol. The lowest BCUT2D eigenvalue weighted by molar-refractivity contribution is -0.113. The van der Waals surface area contributed by atoms with Crippen LogP contribution in [0.25, 0.3) is 11.5 Å².